The Labute approximate surface area is 88.8 Å². The number of hydrogen-bond acceptors (Lipinski definition) is 1. The molecule has 0 bridgehead atoms. The molecule has 0 saturated heterocycles. The largest absolute Gasteiger partial charge is 0.402 e. The third-order valence-corrected chi connectivity index (χ3v) is 4.50. The lowest BCUT2D eigenvalue weighted by molar-refractivity contribution is 0.113. The standard InChI is InChI=1S/C13H25N/c1-5-13(4,6-2)11-8-7-9-12(14)10(11)3/h9-11H,5-8,14H2,1-4H3. The molecule has 1 nitrogen and oxygen atoms in total. The van der Waals surface area contributed by atoms with Gasteiger partial charge in [-0.1, -0.05) is 46.6 Å². The third-order valence-electron chi connectivity index (χ3n) is 4.50. The van der Waals surface area contributed by atoms with E-state index in [0.717, 1.165) is 11.6 Å². The molecule has 0 aromatic heterocycles. The number of nitrogens with two attached hydrogens (primary N) is 1. The summed E-state index contributed by atoms with van der Waals surface area (Å²) in [6.07, 6.45) is 7.25. The summed E-state index contributed by atoms with van der Waals surface area (Å²) < 4.78 is 0. The summed E-state index contributed by atoms with van der Waals surface area (Å²) in [6.45, 7) is 9.33. The van der Waals surface area contributed by atoms with Crippen molar-refractivity contribution < 1.29 is 0 Å². The molecule has 0 aliphatic heterocycles. The van der Waals surface area contributed by atoms with E-state index in [4.69, 9.17) is 5.73 Å². The molecule has 0 radical (unpaired) electrons. The van der Waals surface area contributed by atoms with Gasteiger partial charge in [0.1, 0.15) is 0 Å². The maximum Gasteiger partial charge on any atom is 0.00717 e. The quantitative estimate of drug-likeness (QED) is 0.730. The van der Waals surface area contributed by atoms with Gasteiger partial charge in [-0.2, -0.15) is 0 Å². The Balaban J connectivity index is 2.82. The van der Waals surface area contributed by atoms with Crippen molar-refractivity contribution in [2.45, 2.75) is 53.4 Å². The zero-order valence-electron chi connectivity index (χ0n) is 10.1. The first kappa shape index (κ1) is 11.6. The molecule has 1 aliphatic carbocycles. The van der Waals surface area contributed by atoms with Crippen molar-refractivity contribution in [1.82, 2.24) is 0 Å². The van der Waals surface area contributed by atoms with Crippen molar-refractivity contribution in [3.8, 4) is 0 Å². The molecule has 82 valence electrons. The Morgan fingerprint density at radius 1 is 1.43 bits per heavy atom. The van der Waals surface area contributed by atoms with E-state index in [0.29, 0.717) is 11.3 Å². The molecule has 0 amide bonds. The molecule has 0 aromatic rings. The summed E-state index contributed by atoms with van der Waals surface area (Å²) in [7, 11) is 0. The fraction of sp³-hybridized carbons (Fsp3) is 0.846. The smallest absolute Gasteiger partial charge is 0.00717 e. The fourth-order valence-corrected chi connectivity index (χ4v) is 2.82. The molecular formula is C13H25N. The summed E-state index contributed by atoms with van der Waals surface area (Å²) >= 11 is 0. The summed E-state index contributed by atoms with van der Waals surface area (Å²) in [4.78, 5) is 0. The lowest BCUT2D eigenvalue weighted by atomic mass is 9.64. The van der Waals surface area contributed by atoms with Gasteiger partial charge >= 0.3 is 0 Å². The van der Waals surface area contributed by atoms with E-state index in [1.807, 2.05) is 0 Å². The van der Waals surface area contributed by atoms with Gasteiger partial charge in [0.05, 0.1) is 0 Å². The van der Waals surface area contributed by atoms with Crippen LogP contribution in [0.4, 0.5) is 0 Å². The molecule has 1 rings (SSSR count). The fourth-order valence-electron chi connectivity index (χ4n) is 2.82. The maximum absolute atomic E-state index is 6.04. The molecule has 0 heterocycles. The zero-order chi connectivity index (χ0) is 10.8. The molecule has 14 heavy (non-hydrogen) atoms. The summed E-state index contributed by atoms with van der Waals surface area (Å²) in [6, 6.07) is 0. The molecule has 1 heteroatoms. The molecule has 2 unspecified atom stereocenters. The van der Waals surface area contributed by atoms with Gasteiger partial charge in [-0.05, 0) is 30.1 Å². The Hall–Kier alpha value is -0.460. The van der Waals surface area contributed by atoms with Gasteiger partial charge in [-0.25, -0.2) is 0 Å². The molecule has 0 saturated carbocycles. The lowest BCUT2D eigenvalue weighted by Gasteiger charge is -2.42. The van der Waals surface area contributed by atoms with Crippen molar-refractivity contribution in [3.05, 3.63) is 11.8 Å². The van der Waals surface area contributed by atoms with Gasteiger partial charge in [0.25, 0.3) is 0 Å². The first-order chi connectivity index (χ1) is 6.55. The predicted octanol–water partition coefficient (Wildman–Crippen LogP) is 3.70. The second-order valence-corrected chi connectivity index (χ2v) is 5.04. The van der Waals surface area contributed by atoms with Crippen LogP contribution in [-0.2, 0) is 0 Å². The average molecular weight is 195 g/mol. The van der Waals surface area contributed by atoms with Crippen LogP contribution in [0.2, 0.25) is 0 Å². The Morgan fingerprint density at radius 3 is 2.50 bits per heavy atom. The van der Waals surface area contributed by atoms with E-state index in [9.17, 15) is 0 Å². The van der Waals surface area contributed by atoms with Crippen LogP contribution in [-0.4, -0.2) is 0 Å². The molecule has 0 aromatic carbocycles. The predicted molar refractivity (Wildman–Crippen MR) is 62.8 cm³/mol. The zero-order valence-corrected chi connectivity index (χ0v) is 10.1. The van der Waals surface area contributed by atoms with Crippen molar-refractivity contribution in [3.63, 3.8) is 0 Å². The van der Waals surface area contributed by atoms with Crippen LogP contribution >= 0.6 is 0 Å². The highest BCUT2D eigenvalue weighted by Gasteiger charge is 2.36. The summed E-state index contributed by atoms with van der Waals surface area (Å²) in [5, 5.41) is 0. The molecule has 0 spiro atoms. The minimum atomic E-state index is 0.484. The van der Waals surface area contributed by atoms with Crippen LogP contribution in [0.5, 0.6) is 0 Å². The van der Waals surface area contributed by atoms with Crippen LogP contribution in [0.1, 0.15) is 53.4 Å². The van der Waals surface area contributed by atoms with E-state index in [-0.39, 0.29) is 0 Å². The minimum Gasteiger partial charge on any atom is -0.402 e. The van der Waals surface area contributed by atoms with E-state index >= 15 is 0 Å². The number of hydrogen-bond donors (Lipinski definition) is 1. The molecule has 2 N–H and O–H groups in total. The molecular weight excluding hydrogens is 170 g/mol. The highest BCUT2D eigenvalue weighted by Crippen LogP contribution is 2.45. The van der Waals surface area contributed by atoms with E-state index in [1.54, 1.807) is 0 Å². The molecule has 1 aliphatic rings. The highest BCUT2D eigenvalue weighted by atomic mass is 14.6. The monoisotopic (exact) mass is 195 g/mol. The van der Waals surface area contributed by atoms with Crippen molar-refractivity contribution >= 4 is 0 Å². The Kier molecular flexibility index (Phi) is 3.63. The van der Waals surface area contributed by atoms with E-state index in [2.05, 4.69) is 33.8 Å². The Morgan fingerprint density at radius 2 is 2.00 bits per heavy atom. The SMILES string of the molecule is CCC(C)(CC)C1CCC=C(N)C1C. The highest BCUT2D eigenvalue weighted by molar-refractivity contribution is 5.09. The summed E-state index contributed by atoms with van der Waals surface area (Å²) in [5.41, 5.74) is 7.64. The lowest BCUT2D eigenvalue weighted by Crippen LogP contribution is -2.35. The third kappa shape index (κ3) is 1.97. The maximum atomic E-state index is 6.04. The van der Waals surface area contributed by atoms with Gasteiger partial charge in [0.2, 0.25) is 0 Å². The number of allylic oxidation sites excluding steroid dienone is 2. The van der Waals surface area contributed by atoms with E-state index < -0.39 is 0 Å². The summed E-state index contributed by atoms with van der Waals surface area (Å²) in [5.74, 6) is 1.36. The topological polar surface area (TPSA) is 26.0 Å². The van der Waals surface area contributed by atoms with Crippen LogP contribution in [0, 0.1) is 17.3 Å². The Bertz CT molecular complexity index is 213. The second-order valence-electron chi connectivity index (χ2n) is 5.04. The number of rotatable bonds is 3. The molecule has 2 atom stereocenters. The van der Waals surface area contributed by atoms with Crippen LogP contribution in [0.3, 0.4) is 0 Å². The van der Waals surface area contributed by atoms with Crippen LogP contribution in [0.15, 0.2) is 11.8 Å². The van der Waals surface area contributed by atoms with Gasteiger partial charge in [0.15, 0.2) is 0 Å². The van der Waals surface area contributed by atoms with Crippen molar-refractivity contribution in [1.29, 1.82) is 0 Å². The van der Waals surface area contributed by atoms with Crippen LogP contribution in [0.25, 0.3) is 0 Å². The van der Waals surface area contributed by atoms with Crippen molar-refractivity contribution in [2.24, 2.45) is 23.0 Å². The first-order valence-electron chi connectivity index (χ1n) is 6.00. The normalized spacial score (nSPS) is 28.7. The van der Waals surface area contributed by atoms with E-state index in [1.165, 1.54) is 25.7 Å². The molecule has 0 fully saturated rings. The van der Waals surface area contributed by atoms with Gasteiger partial charge < -0.3 is 5.73 Å². The average Bonchev–Trinajstić information content (AvgIpc) is 2.21. The van der Waals surface area contributed by atoms with Gasteiger partial charge in [-0.15, -0.1) is 0 Å². The van der Waals surface area contributed by atoms with Gasteiger partial charge in [-0.3, -0.25) is 0 Å². The second kappa shape index (κ2) is 4.37. The van der Waals surface area contributed by atoms with Gasteiger partial charge in [0, 0.05) is 5.70 Å². The minimum absolute atomic E-state index is 0.484. The first-order valence-corrected chi connectivity index (χ1v) is 6.00. The van der Waals surface area contributed by atoms with Crippen molar-refractivity contribution in [2.75, 3.05) is 0 Å². The van der Waals surface area contributed by atoms with Crippen LogP contribution < -0.4 is 5.73 Å².